The minimum Gasteiger partial charge on any atom is -0.308 e. The van der Waals surface area contributed by atoms with Crippen LogP contribution in [0, 0.1) is 32.1 Å². The van der Waals surface area contributed by atoms with Gasteiger partial charge in [0.1, 0.15) is 0 Å². The number of rotatable bonds is 3. The van der Waals surface area contributed by atoms with Crippen molar-refractivity contribution < 1.29 is 9.59 Å². The van der Waals surface area contributed by atoms with Crippen molar-refractivity contribution in [3.05, 3.63) is 130 Å². The Morgan fingerprint density at radius 3 is 2.07 bits per heavy atom. The van der Waals surface area contributed by atoms with Crippen LogP contribution >= 0.6 is 0 Å². The van der Waals surface area contributed by atoms with Crippen LogP contribution in [-0.2, 0) is 0 Å². The number of anilines is 1. The largest absolute Gasteiger partial charge is 0.308 e. The van der Waals surface area contributed by atoms with Crippen LogP contribution in [0.4, 0.5) is 5.69 Å². The Morgan fingerprint density at radius 2 is 1.34 bits per heavy atom. The molecular formula is C36H25N3O2. The Balaban J connectivity index is 1.53. The number of nitrogens with zero attached hydrogens (tertiary/aromatic N) is 3. The first-order valence-electron chi connectivity index (χ1n) is 13.5. The van der Waals surface area contributed by atoms with Gasteiger partial charge in [-0.2, -0.15) is 5.26 Å². The number of carbonyl (C=O) groups is 2. The molecule has 0 radical (unpaired) electrons. The number of carbonyl (C=O) groups excluding carboxylic acids is 2. The predicted octanol–water partition coefficient (Wildman–Crippen LogP) is 8.05. The van der Waals surface area contributed by atoms with E-state index in [4.69, 9.17) is 0 Å². The number of hydrogen-bond donors (Lipinski definition) is 0. The number of nitriles is 1. The molecule has 5 heteroatoms. The molecular weight excluding hydrogens is 506 g/mol. The van der Waals surface area contributed by atoms with Gasteiger partial charge in [0.2, 0.25) is 0 Å². The van der Waals surface area contributed by atoms with Crippen molar-refractivity contribution in [3.8, 4) is 22.9 Å². The lowest BCUT2D eigenvalue weighted by Gasteiger charge is -2.20. The summed E-state index contributed by atoms with van der Waals surface area (Å²) in [6.07, 6.45) is 0. The molecule has 1 aliphatic rings. The molecule has 0 atom stereocenters. The van der Waals surface area contributed by atoms with E-state index in [1.165, 1.54) is 4.90 Å². The molecule has 7 rings (SSSR count). The third-order valence-corrected chi connectivity index (χ3v) is 8.01. The summed E-state index contributed by atoms with van der Waals surface area (Å²) in [5.74, 6) is -0.632. The molecule has 41 heavy (non-hydrogen) atoms. The molecule has 1 aromatic heterocycles. The van der Waals surface area contributed by atoms with Crippen molar-refractivity contribution in [1.82, 2.24) is 4.57 Å². The number of benzene rings is 5. The van der Waals surface area contributed by atoms with Gasteiger partial charge in [-0.25, -0.2) is 4.90 Å². The van der Waals surface area contributed by atoms with E-state index in [-0.39, 0.29) is 11.8 Å². The Morgan fingerprint density at radius 1 is 0.683 bits per heavy atom. The third-order valence-electron chi connectivity index (χ3n) is 8.01. The van der Waals surface area contributed by atoms with E-state index in [2.05, 4.69) is 28.8 Å². The zero-order valence-corrected chi connectivity index (χ0v) is 22.9. The summed E-state index contributed by atoms with van der Waals surface area (Å²) in [5.41, 5.74) is 9.37. The molecule has 0 saturated carbocycles. The summed E-state index contributed by atoms with van der Waals surface area (Å²) in [5, 5.41) is 11.4. The summed E-state index contributed by atoms with van der Waals surface area (Å²) in [7, 11) is 0. The maximum atomic E-state index is 14.3. The summed E-state index contributed by atoms with van der Waals surface area (Å²) in [4.78, 5) is 29.5. The molecule has 2 heterocycles. The van der Waals surface area contributed by atoms with E-state index in [9.17, 15) is 14.9 Å². The zero-order valence-electron chi connectivity index (χ0n) is 22.9. The average Bonchev–Trinajstić information content (AvgIpc) is 3.44. The second-order valence-electron chi connectivity index (χ2n) is 10.6. The molecule has 0 unspecified atom stereocenters. The molecule has 5 aromatic carbocycles. The van der Waals surface area contributed by atoms with Gasteiger partial charge in [-0.15, -0.1) is 0 Å². The standard InChI is InChI=1S/C36H25N3O2/c1-21-18-22(2)33(23(3)19-21)39-35(40)29-11-7-13-31(32(29)36(39)41)38-30-12-5-4-8-27(30)28-10-6-9-26(34(28)38)25-16-14-24(20-37)15-17-25/h4-19H,1-3H3. The molecule has 0 saturated heterocycles. The summed E-state index contributed by atoms with van der Waals surface area (Å²) >= 11 is 0. The van der Waals surface area contributed by atoms with Gasteiger partial charge in [0, 0.05) is 16.3 Å². The first-order chi connectivity index (χ1) is 19.9. The monoisotopic (exact) mass is 531 g/mol. The van der Waals surface area contributed by atoms with Crippen LogP contribution in [0.5, 0.6) is 0 Å². The molecule has 6 aromatic rings. The first kappa shape index (κ1) is 24.6. The van der Waals surface area contributed by atoms with E-state index >= 15 is 0 Å². The van der Waals surface area contributed by atoms with E-state index < -0.39 is 0 Å². The maximum absolute atomic E-state index is 14.3. The quantitative estimate of drug-likeness (QED) is 0.217. The Kier molecular flexibility index (Phi) is 5.42. The van der Waals surface area contributed by atoms with Crippen LogP contribution in [0.25, 0.3) is 38.6 Å². The van der Waals surface area contributed by atoms with Crippen LogP contribution in [-0.4, -0.2) is 16.4 Å². The molecule has 0 aliphatic carbocycles. The fourth-order valence-electron chi connectivity index (χ4n) is 6.41. The lowest BCUT2D eigenvalue weighted by molar-refractivity contribution is 0.0925. The SMILES string of the molecule is Cc1cc(C)c(N2C(=O)c3cccc(-n4c5ccccc5c5cccc(-c6ccc(C#N)cc6)c54)c3C2=O)c(C)c1. The highest BCUT2D eigenvalue weighted by molar-refractivity contribution is 6.36. The van der Waals surface area contributed by atoms with Gasteiger partial charge in [0.25, 0.3) is 11.8 Å². The number of fused-ring (bicyclic) bond motifs is 4. The number of aromatic nitrogens is 1. The fraction of sp³-hybridized carbons (Fsp3) is 0.0833. The summed E-state index contributed by atoms with van der Waals surface area (Å²) in [6.45, 7) is 5.89. The van der Waals surface area contributed by atoms with E-state index in [0.717, 1.165) is 49.6 Å². The average molecular weight is 532 g/mol. The molecule has 2 amide bonds. The molecule has 5 nitrogen and oxygen atoms in total. The van der Waals surface area contributed by atoms with Crippen molar-refractivity contribution in [3.63, 3.8) is 0 Å². The van der Waals surface area contributed by atoms with E-state index in [0.29, 0.717) is 28.1 Å². The molecule has 0 spiro atoms. The lowest BCUT2D eigenvalue weighted by Crippen LogP contribution is -2.31. The van der Waals surface area contributed by atoms with Gasteiger partial charge in [0.15, 0.2) is 0 Å². The van der Waals surface area contributed by atoms with Crippen molar-refractivity contribution in [2.24, 2.45) is 0 Å². The number of hydrogen-bond acceptors (Lipinski definition) is 3. The molecule has 0 fully saturated rings. The molecule has 0 bridgehead atoms. The number of amides is 2. The second kappa shape index (κ2) is 9.04. The van der Waals surface area contributed by atoms with E-state index in [1.54, 1.807) is 6.07 Å². The van der Waals surface area contributed by atoms with Gasteiger partial charge in [-0.1, -0.05) is 72.3 Å². The van der Waals surface area contributed by atoms with Gasteiger partial charge >= 0.3 is 0 Å². The number of aryl methyl sites for hydroxylation is 3. The van der Waals surface area contributed by atoms with E-state index in [1.807, 2.05) is 93.6 Å². The highest BCUT2D eigenvalue weighted by Crippen LogP contribution is 2.41. The van der Waals surface area contributed by atoms with Crippen LogP contribution < -0.4 is 4.90 Å². The summed E-state index contributed by atoms with van der Waals surface area (Å²) < 4.78 is 2.11. The van der Waals surface area contributed by atoms with Crippen molar-refractivity contribution in [2.45, 2.75) is 20.8 Å². The first-order valence-corrected chi connectivity index (χ1v) is 13.5. The highest BCUT2D eigenvalue weighted by atomic mass is 16.2. The Bertz CT molecular complexity index is 2100. The third kappa shape index (κ3) is 3.54. The van der Waals surface area contributed by atoms with Crippen molar-refractivity contribution in [2.75, 3.05) is 4.90 Å². The Hall–Kier alpha value is -5.47. The van der Waals surface area contributed by atoms with Gasteiger partial charge in [0.05, 0.1) is 45.2 Å². The number of imide groups is 1. The predicted molar refractivity (Wildman–Crippen MR) is 163 cm³/mol. The van der Waals surface area contributed by atoms with Crippen molar-refractivity contribution >= 4 is 39.3 Å². The fourth-order valence-corrected chi connectivity index (χ4v) is 6.41. The smallest absolute Gasteiger partial charge is 0.268 e. The van der Waals surface area contributed by atoms with Gasteiger partial charge in [-0.05, 0) is 67.8 Å². The maximum Gasteiger partial charge on any atom is 0.268 e. The zero-order chi connectivity index (χ0) is 28.4. The molecule has 0 N–H and O–H groups in total. The summed E-state index contributed by atoms with van der Waals surface area (Å²) in [6, 6.07) is 33.5. The number of para-hydroxylation sites is 2. The topological polar surface area (TPSA) is 66.1 Å². The minimum atomic E-state index is -0.322. The normalized spacial score (nSPS) is 12.8. The van der Waals surface area contributed by atoms with Crippen LogP contribution in [0.15, 0.2) is 97.1 Å². The minimum absolute atomic E-state index is 0.310. The molecule has 196 valence electrons. The van der Waals surface area contributed by atoms with Gasteiger partial charge in [-0.3, -0.25) is 9.59 Å². The molecule has 1 aliphatic heterocycles. The van der Waals surface area contributed by atoms with Gasteiger partial charge < -0.3 is 4.57 Å². The van der Waals surface area contributed by atoms with Crippen LogP contribution in [0.1, 0.15) is 43.0 Å². The van der Waals surface area contributed by atoms with Crippen LogP contribution in [0.3, 0.4) is 0 Å². The van der Waals surface area contributed by atoms with Crippen molar-refractivity contribution in [1.29, 1.82) is 5.26 Å². The van der Waals surface area contributed by atoms with Crippen LogP contribution in [0.2, 0.25) is 0 Å². The Labute approximate surface area is 237 Å². The lowest BCUT2D eigenvalue weighted by atomic mass is 10.0. The second-order valence-corrected chi connectivity index (χ2v) is 10.6. The highest BCUT2D eigenvalue weighted by Gasteiger charge is 2.40.